The van der Waals surface area contributed by atoms with Gasteiger partial charge in [0.05, 0.1) is 0 Å². The highest BCUT2D eigenvalue weighted by Crippen LogP contribution is 2.26. The highest BCUT2D eigenvalue weighted by atomic mass is 32.1. The molecule has 0 unspecified atom stereocenters. The van der Waals surface area contributed by atoms with E-state index in [1.54, 1.807) is 4.52 Å². The third-order valence-electron chi connectivity index (χ3n) is 2.97. The van der Waals surface area contributed by atoms with E-state index in [1.807, 2.05) is 18.2 Å². The number of nitrogens with zero attached hydrogens (tertiary/aromatic N) is 4. The van der Waals surface area contributed by atoms with Gasteiger partial charge in [0.25, 0.3) is 0 Å². The third kappa shape index (κ3) is 2.32. The van der Waals surface area contributed by atoms with E-state index in [-0.39, 0.29) is 0 Å². The lowest BCUT2D eigenvalue weighted by molar-refractivity contribution is 0.289. The standard InChI is InChI=1S/C13H15N5OS/c1-8(2)9-5-3-4-6-10(9)19-7-11-15-16-13-18(11)17-12(14)20-13/h3-6,8H,7H2,1-2H3,(H2,14,17). The van der Waals surface area contributed by atoms with E-state index >= 15 is 0 Å². The number of fused-ring (bicyclic) bond motifs is 1. The van der Waals surface area contributed by atoms with Gasteiger partial charge in [0.1, 0.15) is 12.4 Å². The summed E-state index contributed by atoms with van der Waals surface area (Å²) >= 11 is 1.30. The van der Waals surface area contributed by atoms with E-state index in [4.69, 9.17) is 10.5 Å². The number of anilines is 1. The predicted molar refractivity (Wildman–Crippen MR) is 77.9 cm³/mol. The number of nitrogens with two attached hydrogens (primary N) is 1. The first kappa shape index (κ1) is 12.9. The highest BCUT2D eigenvalue weighted by molar-refractivity contribution is 7.20. The Morgan fingerprint density at radius 2 is 2.10 bits per heavy atom. The van der Waals surface area contributed by atoms with Gasteiger partial charge in [0.2, 0.25) is 10.1 Å². The Kier molecular flexibility index (Phi) is 3.27. The van der Waals surface area contributed by atoms with Gasteiger partial charge in [0, 0.05) is 0 Å². The molecule has 1 aromatic carbocycles. The second kappa shape index (κ2) is 5.09. The summed E-state index contributed by atoms with van der Waals surface area (Å²) in [5.74, 6) is 1.91. The molecule has 0 atom stereocenters. The molecule has 0 saturated carbocycles. The number of benzene rings is 1. The molecule has 3 aromatic rings. The summed E-state index contributed by atoms with van der Waals surface area (Å²) in [5.41, 5.74) is 6.83. The van der Waals surface area contributed by atoms with Gasteiger partial charge in [-0.2, -0.15) is 4.52 Å². The zero-order valence-corrected chi connectivity index (χ0v) is 12.1. The Labute approximate surface area is 120 Å². The van der Waals surface area contributed by atoms with E-state index in [1.165, 1.54) is 16.9 Å². The Balaban J connectivity index is 1.83. The second-order valence-corrected chi connectivity index (χ2v) is 5.72. The smallest absolute Gasteiger partial charge is 0.236 e. The summed E-state index contributed by atoms with van der Waals surface area (Å²) in [6, 6.07) is 8.00. The van der Waals surface area contributed by atoms with Crippen molar-refractivity contribution in [3.63, 3.8) is 0 Å². The van der Waals surface area contributed by atoms with Crippen molar-refractivity contribution in [2.45, 2.75) is 26.4 Å². The lowest BCUT2D eigenvalue weighted by atomic mass is 10.0. The van der Waals surface area contributed by atoms with Crippen molar-refractivity contribution in [3.05, 3.63) is 35.7 Å². The molecule has 0 bridgehead atoms. The second-order valence-electron chi connectivity index (χ2n) is 4.73. The fourth-order valence-electron chi connectivity index (χ4n) is 1.99. The van der Waals surface area contributed by atoms with E-state index in [0.29, 0.717) is 28.4 Å². The predicted octanol–water partition coefficient (Wildman–Crippen LogP) is 2.47. The number of rotatable bonds is 4. The lowest BCUT2D eigenvalue weighted by Gasteiger charge is -2.12. The van der Waals surface area contributed by atoms with Crippen molar-refractivity contribution in [1.29, 1.82) is 0 Å². The topological polar surface area (TPSA) is 78.3 Å². The number of ether oxygens (including phenoxy) is 1. The van der Waals surface area contributed by atoms with Crippen molar-refractivity contribution >= 4 is 21.4 Å². The van der Waals surface area contributed by atoms with Gasteiger partial charge >= 0.3 is 0 Å². The van der Waals surface area contributed by atoms with E-state index in [9.17, 15) is 0 Å². The molecule has 0 aliphatic rings. The fraction of sp³-hybridized carbons (Fsp3) is 0.308. The number of nitrogen functional groups attached to an aromatic ring is 1. The molecule has 20 heavy (non-hydrogen) atoms. The summed E-state index contributed by atoms with van der Waals surface area (Å²) in [6.07, 6.45) is 0. The molecule has 0 fully saturated rings. The molecule has 3 rings (SSSR count). The number of aromatic nitrogens is 4. The fourth-order valence-corrected chi connectivity index (χ4v) is 2.62. The van der Waals surface area contributed by atoms with Crippen molar-refractivity contribution in [3.8, 4) is 5.75 Å². The van der Waals surface area contributed by atoms with Crippen LogP contribution in [0.15, 0.2) is 24.3 Å². The summed E-state index contributed by atoms with van der Waals surface area (Å²) in [7, 11) is 0. The van der Waals surface area contributed by atoms with Crippen LogP contribution in [0.25, 0.3) is 4.96 Å². The van der Waals surface area contributed by atoms with Gasteiger partial charge in [-0.25, -0.2) is 0 Å². The van der Waals surface area contributed by atoms with Crippen LogP contribution in [-0.4, -0.2) is 19.8 Å². The highest BCUT2D eigenvalue weighted by Gasteiger charge is 2.12. The number of hydrogen-bond donors (Lipinski definition) is 1. The quantitative estimate of drug-likeness (QED) is 0.798. The Morgan fingerprint density at radius 1 is 1.30 bits per heavy atom. The molecule has 2 aromatic heterocycles. The number of para-hydroxylation sites is 1. The Bertz CT molecular complexity index is 733. The molecule has 6 nitrogen and oxygen atoms in total. The minimum atomic E-state index is 0.314. The van der Waals surface area contributed by atoms with Crippen molar-refractivity contribution in [1.82, 2.24) is 19.8 Å². The van der Waals surface area contributed by atoms with Gasteiger partial charge < -0.3 is 10.5 Å². The van der Waals surface area contributed by atoms with Crippen molar-refractivity contribution < 1.29 is 4.74 Å². The maximum absolute atomic E-state index is 5.86. The average Bonchev–Trinajstić information content (AvgIpc) is 2.96. The van der Waals surface area contributed by atoms with Crippen molar-refractivity contribution in [2.24, 2.45) is 0 Å². The van der Waals surface area contributed by atoms with Crippen LogP contribution in [-0.2, 0) is 6.61 Å². The maximum Gasteiger partial charge on any atom is 0.236 e. The zero-order chi connectivity index (χ0) is 14.1. The molecule has 0 amide bonds. The summed E-state index contributed by atoms with van der Waals surface area (Å²) < 4.78 is 7.48. The van der Waals surface area contributed by atoms with Gasteiger partial charge in [-0.3, -0.25) is 0 Å². The first-order chi connectivity index (χ1) is 9.65. The summed E-state index contributed by atoms with van der Waals surface area (Å²) in [5, 5.41) is 12.7. The maximum atomic E-state index is 5.86. The van der Waals surface area contributed by atoms with E-state index in [2.05, 4.69) is 35.2 Å². The molecule has 0 saturated heterocycles. The summed E-state index contributed by atoms with van der Waals surface area (Å²) in [6.45, 7) is 4.59. The molecular weight excluding hydrogens is 274 g/mol. The lowest BCUT2D eigenvalue weighted by Crippen LogP contribution is -2.04. The van der Waals surface area contributed by atoms with Crippen molar-refractivity contribution in [2.75, 3.05) is 5.73 Å². The largest absolute Gasteiger partial charge is 0.485 e. The van der Waals surface area contributed by atoms with Crippen LogP contribution in [0.1, 0.15) is 31.2 Å². The molecule has 7 heteroatoms. The molecule has 0 spiro atoms. The van der Waals surface area contributed by atoms with Crippen LogP contribution in [0.4, 0.5) is 5.13 Å². The van der Waals surface area contributed by atoms with E-state index < -0.39 is 0 Å². The van der Waals surface area contributed by atoms with Gasteiger partial charge in [-0.05, 0) is 17.5 Å². The van der Waals surface area contributed by atoms with Crippen LogP contribution >= 0.6 is 11.3 Å². The Morgan fingerprint density at radius 3 is 2.90 bits per heavy atom. The van der Waals surface area contributed by atoms with Gasteiger partial charge in [-0.15, -0.1) is 15.3 Å². The van der Waals surface area contributed by atoms with Gasteiger partial charge in [-0.1, -0.05) is 43.4 Å². The molecule has 2 N–H and O–H groups in total. The van der Waals surface area contributed by atoms with Crippen LogP contribution in [0, 0.1) is 0 Å². The number of hydrogen-bond acceptors (Lipinski definition) is 6. The first-order valence-corrected chi connectivity index (χ1v) is 7.15. The first-order valence-electron chi connectivity index (χ1n) is 6.33. The molecular formula is C13H15N5OS. The molecule has 0 aliphatic heterocycles. The zero-order valence-electron chi connectivity index (χ0n) is 11.3. The SMILES string of the molecule is CC(C)c1ccccc1OCc1nnc2sc(N)nn12. The summed E-state index contributed by atoms with van der Waals surface area (Å²) in [4.78, 5) is 0.679. The Hall–Kier alpha value is -2.15. The van der Waals surface area contributed by atoms with E-state index in [0.717, 1.165) is 5.75 Å². The minimum absolute atomic E-state index is 0.314. The third-order valence-corrected chi connectivity index (χ3v) is 3.70. The van der Waals surface area contributed by atoms with Crippen LogP contribution in [0.3, 0.4) is 0 Å². The normalized spacial score (nSPS) is 11.3. The van der Waals surface area contributed by atoms with Gasteiger partial charge in [0.15, 0.2) is 5.82 Å². The monoisotopic (exact) mass is 289 g/mol. The van der Waals surface area contributed by atoms with Crippen LogP contribution in [0.2, 0.25) is 0 Å². The molecule has 0 radical (unpaired) electrons. The minimum Gasteiger partial charge on any atom is -0.485 e. The average molecular weight is 289 g/mol. The van der Waals surface area contributed by atoms with Crippen LogP contribution < -0.4 is 10.5 Å². The molecule has 0 aliphatic carbocycles. The molecule has 104 valence electrons. The molecule has 2 heterocycles. The van der Waals surface area contributed by atoms with Crippen LogP contribution in [0.5, 0.6) is 5.75 Å².